The fraction of sp³-hybridized carbons (Fsp3) is 0.0417. The summed E-state index contributed by atoms with van der Waals surface area (Å²) in [6.45, 7) is 0. The first kappa shape index (κ1) is 23.8. The number of benzene rings is 3. The Morgan fingerprint density at radius 1 is 0.771 bits per heavy atom. The molecule has 11 heteroatoms. The fourth-order valence-corrected chi connectivity index (χ4v) is 3.34. The molecular formula is C24H17ClF3N5O2. The predicted octanol–water partition coefficient (Wildman–Crippen LogP) is 6.44. The summed E-state index contributed by atoms with van der Waals surface area (Å²) in [5.41, 5.74) is -0.497. The van der Waals surface area contributed by atoms with Crippen molar-refractivity contribution in [2.75, 3.05) is 16.0 Å². The Morgan fingerprint density at radius 2 is 1.31 bits per heavy atom. The molecule has 178 valence electrons. The highest BCUT2D eigenvalue weighted by molar-refractivity contribution is 6.30. The molecule has 0 saturated carbocycles. The molecule has 0 atom stereocenters. The van der Waals surface area contributed by atoms with Crippen LogP contribution >= 0.6 is 11.6 Å². The van der Waals surface area contributed by atoms with E-state index in [1.165, 1.54) is 48.5 Å². The van der Waals surface area contributed by atoms with Gasteiger partial charge in [0.2, 0.25) is 0 Å². The highest BCUT2D eigenvalue weighted by Gasteiger charge is 2.40. The van der Waals surface area contributed by atoms with E-state index in [1.54, 1.807) is 24.3 Å². The predicted molar refractivity (Wildman–Crippen MR) is 127 cm³/mol. The van der Waals surface area contributed by atoms with Gasteiger partial charge in [-0.25, -0.2) is 9.48 Å². The molecule has 0 saturated heterocycles. The molecule has 0 unspecified atom stereocenters. The van der Waals surface area contributed by atoms with E-state index in [-0.39, 0.29) is 11.4 Å². The topological polar surface area (TPSA) is 88.1 Å². The van der Waals surface area contributed by atoms with Crippen molar-refractivity contribution in [3.8, 4) is 5.69 Å². The van der Waals surface area contributed by atoms with Gasteiger partial charge < -0.3 is 16.0 Å². The lowest BCUT2D eigenvalue weighted by Crippen LogP contribution is -2.21. The summed E-state index contributed by atoms with van der Waals surface area (Å²) in [5, 5.41) is 11.8. The number of anilines is 3. The number of alkyl halides is 3. The molecule has 7 nitrogen and oxygen atoms in total. The average Bonchev–Trinajstić information content (AvgIpc) is 3.28. The summed E-state index contributed by atoms with van der Waals surface area (Å²) in [6.07, 6.45) is -3.99. The minimum absolute atomic E-state index is 0.102. The van der Waals surface area contributed by atoms with Crippen molar-refractivity contribution in [2.45, 2.75) is 6.18 Å². The molecule has 3 amide bonds. The number of nitrogens with one attached hydrogen (secondary N) is 3. The Bertz CT molecular complexity index is 1340. The van der Waals surface area contributed by atoms with E-state index in [2.05, 4.69) is 21.0 Å². The lowest BCUT2D eigenvalue weighted by molar-refractivity contribution is -0.143. The van der Waals surface area contributed by atoms with Gasteiger partial charge in [0, 0.05) is 22.1 Å². The fourth-order valence-electron chi connectivity index (χ4n) is 3.22. The Balaban J connectivity index is 1.48. The molecule has 35 heavy (non-hydrogen) atoms. The summed E-state index contributed by atoms with van der Waals surface area (Å²) in [6, 6.07) is 19.8. The van der Waals surface area contributed by atoms with E-state index in [9.17, 15) is 22.8 Å². The van der Waals surface area contributed by atoms with Crippen LogP contribution in [0.15, 0.2) is 85.1 Å². The van der Waals surface area contributed by atoms with Gasteiger partial charge in [0.15, 0.2) is 5.69 Å². The van der Waals surface area contributed by atoms with Crippen LogP contribution in [0.4, 0.5) is 35.0 Å². The molecular weight excluding hydrogens is 483 g/mol. The van der Waals surface area contributed by atoms with Gasteiger partial charge in [0.1, 0.15) is 0 Å². The highest BCUT2D eigenvalue weighted by Crippen LogP contribution is 2.34. The Morgan fingerprint density at radius 3 is 1.89 bits per heavy atom. The van der Waals surface area contributed by atoms with Gasteiger partial charge in [-0.15, -0.1) is 0 Å². The second-order valence-corrected chi connectivity index (χ2v) is 7.71. The Kier molecular flexibility index (Phi) is 6.74. The summed E-state index contributed by atoms with van der Waals surface area (Å²) in [5.74, 6) is -0.986. The molecule has 1 heterocycles. The second kappa shape index (κ2) is 9.90. The number of rotatable bonds is 5. The quantitative estimate of drug-likeness (QED) is 0.295. The third-order valence-corrected chi connectivity index (χ3v) is 5.04. The number of hydrogen-bond donors (Lipinski definition) is 3. The van der Waals surface area contributed by atoms with Crippen LogP contribution in [0, 0.1) is 0 Å². The number of urea groups is 1. The van der Waals surface area contributed by atoms with Crippen molar-refractivity contribution in [1.29, 1.82) is 0 Å². The van der Waals surface area contributed by atoms with Gasteiger partial charge in [-0.05, 0) is 60.7 Å². The number of amides is 3. The van der Waals surface area contributed by atoms with Crippen LogP contribution in [0.2, 0.25) is 5.02 Å². The van der Waals surface area contributed by atoms with Crippen molar-refractivity contribution in [1.82, 2.24) is 9.78 Å². The van der Waals surface area contributed by atoms with Crippen LogP contribution in [0.25, 0.3) is 5.69 Å². The molecule has 4 aromatic rings. The summed E-state index contributed by atoms with van der Waals surface area (Å²) in [7, 11) is 0. The first-order chi connectivity index (χ1) is 16.7. The molecule has 0 aliphatic rings. The van der Waals surface area contributed by atoms with E-state index >= 15 is 0 Å². The number of hydrogen-bond acceptors (Lipinski definition) is 3. The van der Waals surface area contributed by atoms with E-state index in [0.717, 1.165) is 6.20 Å². The maximum absolute atomic E-state index is 13.8. The van der Waals surface area contributed by atoms with E-state index < -0.39 is 29.4 Å². The van der Waals surface area contributed by atoms with Gasteiger partial charge in [-0.1, -0.05) is 29.8 Å². The molecule has 0 spiro atoms. The third-order valence-electron chi connectivity index (χ3n) is 4.79. The highest BCUT2D eigenvalue weighted by atomic mass is 35.5. The summed E-state index contributed by atoms with van der Waals surface area (Å²) >= 11 is 5.81. The van der Waals surface area contributed by atoms with Crippen molar-refractivity contribution in [3.63, 3.8) is 0 Å². The first-order valence-corrected chi connectivity index (χ1v) is 10.5. The maximum Gasteiger partial charge on any atom is 0.434 e. The number of aromatic nitrogens is 2. The summed E-state index contributed by atoms with van der Waals surface area (Å²) in [4.78, 5) is 24.8. The molecule has 3 N–H and O–H groups in total. The first-order valence-electron chi connectivity index (χ1n) is 10.2. The van der Waals surface area contributed by atoms with Crippen molar-refractivity contribution < 1.29 is 22.8 Å². The molecule has 1 aromatic heterocycles. The minimum Gasteiger partial charge on any atom is -0.322 e. The van der Waals surface area contributed by atoms with Gasteiger partial charge >= 0.3 is 12.2 Å². The van der Waals surface area contributed by atoms with Gasteiger partial charge in [0.25, 0.3) is 5.91 Å². The van der Waals surface area contributed by atoms with E-state index in [4.69, 9.17) is 11.6 Å². The Hall–Kier alpha value is -4.31. The standard InChI is InChI=1S/C24H17ClF3N5O2/c25-15-6-12-19(13-7-15)33-21(24(26,27)28)20(14-29-33)22(34)30-17-8-10-18(11-9-17)32-23(35)31-16-4-2-1-3-5-16/h1-14H,(H,30,34)(H2,31,32,35). The SMILES string of the molecule is O=C(Nc1ccccc1)Nc1ccc(NC(=O)c2cnn(-c3ccc(Cl)cc3)c2C(F)(F)F)cc1. The molecule has 0 bridgehead atoms. The van der Waals surface area contributed by atoms with Crippen molar-refractivity contribution in [3.05, 3.63) is 101 Å². The van der Waals surface area contributed by atoms with E-state index in [0.29, 0.717) is 21.1 Å². The number of halogens is 4. The third kappa shape index (κ3) is 5.79. The van der Waals surface area contributed by atoms with E-state index in [1.807, 2.05) is 6.07 Å². The second-order valence-electron chi connectivity index (χ2n) is 7.27. The smallest absolute Gasteiger partial charge is 0.322 e. The van der Waals surface area contributed by atoms with Crippen LogP contribution in [0.1, 0.15) is 16.1 Å². The normalized spacial score (nSPS) is 11.1. The number of carbonyl (C=O) groups excluding carboxylic acids is 2. The maximum atomic E-state index is 13.8. The van der Waals surface area contributed by atoms with Gasteiger partial charge in [-0.3, -0.25) is 4.79 Å². The zero-order valence-electron chi connectivity index (χ0n) is 17.8. The lowest BCUT2D eigenvalue weighted by atomic mass is 10.2. The number of carbonyl (C=O) groups is 2. The van der Waals surface area contributed by atoms with Crippen LogP contribution in [-0.2, 0) is 6.18 Å². The zero-order valence-corrected chi connectivity index (χ0v) is 18.6. The largest absolute Gasteiger partial charge is 0.434 e. The van der Waals surface area contributed by atoms with Crippen LogP contribution < -0.4 is 16.0 Å². The minimum atomic E-state index is -4.84. The molecule has 4 rings (SSSR count). The lowest BCUT2D eigenvalue weighted by Gasteiger charge is -2.13. The number of para-hydroxylation sites is 1. The van der Waals surface area contributed by atoms with Gasteiger partial charge in [-0.2, -0.15) is 18.3 Å². The molecule has 0 aliphatic heterocycles. The van der Waals surface area contributed by atoms with Crippen molar-refractivity contribution >= 4 is 40.6 Å². The molecule has 0 aliphatic carbocycles. The molecule has 0 radical (unpaired) electrons. The average molecular weight is 500 g/mol. The molecule has 0 fully saturated rings. The zero-order chi connectivity index (χ0) is 25.0. The Labute approximate surface area is 202 Å². The van der Waals surface area contributed by atoms with Crippen LogP contribution in [-0.4, -0.2) is 21.7 Å². The number of nitrogens with zero attached hydrogens (tertiary/aromatic N) is 2. The molecule has 3 aromatic carbocycles. The van der Waals surface area contributed by atoms with Crippen molar-refractivity contribution in [2.24, 2.45) is 0 Å². The van der Waals surface area contributed by atoms with Crippen LogP contribution in [0.5, 0.6) is 0 Å². The van der Waals surface area contributed by atoms with Crippen LogP contribution in [0.3, 0.4) is 0 Å². The monoisotopic (exact) mass is 499 g/mol. The summed E-state index contributed by atoms with van der Waals surface area (Å²) < 4.78 is 42.1. The van der Waals surface area contributed by atoms with Gasteiger partial charge in [0.05, 0.1) is 17.4 Å².